The van der Waals surface area contributed by atoms with Gasteiger partial charge >= 0.3 is 0 Å². The van der Waals surface area contributed by atoms with Gasteiger partial charge in [-0.3, -0.25) is 4.99 Å². The Morgan fingerprint density at radius 3 is 2.81 bits per heavy atom. The van der Waals surface area contributed by atoms with Crippen molar-refractivity contribution in [2.45, 2.75) is 44.1 Å². The highest BCUT2D eigenvalue weighted by Gasteiger charge is 2.84. The Kier molecular flexibility index (Phi) is 2.78. The Balaban J connectivity index is 1.14. The van der Waals surface area contributed by atoms with Crippen molar-refractivity contribution in [1.29, 1.82) is 0 Å². The SMILES string of the molecule is NC(=NCC1(O)C2C3CC4C5C3CC2C5C41)Nc1cccc2c1CCCC2. The van der Waals surface area contributed by atoms with Gasteiger partial charge in [-0.2, -0.15) is 0 Å². The van der Waals surface area contributed by atoms with Crippen LogP contribution in [0.2, 0.25) is 0 Å². The molecule has 0 amide bonds. The molecule has 142 valence electrons. The molecule has 4 N–H and O–H groups in total. The monoisotopic (exact) mass is 363 g/mol. The molecule has 0 saturated heterocycles. The summed E-state index contributed by atoms with van der Waals surface area (Å²) in [6.45, 7) is 0.496. The second kappa shape index (κ2) is 4.89. The Morgan fingerprint density at radius 1 is 1.07 bits per heavy atom. The average Bonchev–Trinajstić information content (AvgIpc) is 3.19. The summed E-state index contributed by atoms with van der Waals surface area (Å²) in [5.74, 6) is 6.60. The topological polar surface area (TPSA) is 70.6 Å². The van der Waals surface area contributed by atoms with E-state index in [2.05, 4.69) is 23.5 Å². The third-order valence-corrected chi connectivity index (χ3v) is 9.68. The van der Waals surface area contributed by atoms with Crippen LogP contribution in [-0.4, -0.2) is 23.2 Å². The Labute approximate surface area is 160 Å². The van der Waals surface area contributed by atoms with Gasteiger partial charge in [0, 0.05) is 5.69 Å². The van der Waals surface area contributed by atoms with E-state index in [4.69, 9.17) is 10.7 Å². The number of anilines is 1. The normalized spacial score (nSPS) is 50.2. The first-order valence-electron chi connectivity index (χ1n) is 11.1. The number of hydrogen-bond donors (Lipinski definition) is 3. The number of benzene rings is 1. The van der Waals surface area contributed by atoms with Crippen LogP contribution in [0.1, 0.15) is 36.8 Å². The summed E-state index contributed by atoms with van der Waals surface area (Å²) in [7, 11) is 0. The van der Waals surface area contributed by atoms with Crippen molar-refractivity contribution in [3.05, 3.63) is 29.3 Å². The highest BCUT2D eigenvalue weighted by Crippen LogP contribution is 2.85. The van der Waals surface area contributed by atoms with Crippen LogP contribution in [0.3, 0.4) is 0 Å². The van der Waals surface area contributed by atoms with Crippen LogP contribution >= 0.6 is 0 Å². The quantitative estimate of drug-likeness (QED) is 0.571. The van der Waals surface area contributed by atoms with Gasteiger partial charge < -0.3 is 16.2 Å². The molecule has 0 radical (unpaired) electrons. The first kappa shape index (κ1) is 15.4. The maximum absolute atomic E-state index is 11.7. The van der Waals surface area contributed by atoms with Gasteiger partial charge in [-0.15, -0.1) is 0 Å². The van der Waals surface area contributed by atoms with Gasteiger partial charge in [0.15, 0.2) is 5.96 Å². The van der Waals surface area contributed by atoms with E-state index in [1.807, 2.05) is 0 Å². The lowest BCUT2D eigenvalue weighted by atomic mass is 9.56. The van der Waals surface area contributed by atoms with Crippen LogP contribution in [0, 0.1) is 47.3 Å². The largest absolute Gasteiger partial charge is 0.387 e. The van der Waals surface area contributed by atoms with E-state index in [1.54, 1.807) is 0 Å². The number of aliphatic hydroxyl groups is 1. The molecule has 0 spiro atoms. The number of aryl methyl sites for hydroxylation is 1. The van der Waals surface area contributed by atoms with Crippen molar-refractivity contribution in [1.82, 2.24) is 0 Å². The predicted octanol–water partition coefficient (Wildman–Crippen LogP) is 2.80. The highest BCUT2D eigenvalue weighted by atomic mass is 16.3. The summed E-state index contributed by atoms with van der Waals surface area (Å²) in [5.41, 5.74) is 9.68. The number of nitrogens with two attached hydrogens (primary N) is 1. The zero-order valence-corrected chi connectivity index (χ0v) is 15.8. The molecule has 6 aliphatic carbocycles. The van der Waals surface area contributed by atoms with Gasteiger partial charge in [0.1, 0.15) is 0 Å². The third-order valence-electron chi connectivity index (χ3n) is 9.68. The molecule has 27 heavy (non-hydrogen) atoms. The summed E-state index contributed by atoms with van der Waals surface area (Å²) in [6.07, 6.45) is 7.61. The molecule has 2 bridgehead atoms. The number of nitrogens with zero attached hydrogens (tertiary/aromatic N) is 1. The molecule has 0 heterocycles. The first-order chi connectivity index (χ1) is 13.2. The predicted molar refractivity (Wildman–Crippen MR) is 105 cm³/mol. The van der Waals surface area contributed by atoms with Gasteiger partial charge in [0.2, 0.25) is 0 Å². The zero-order chi connectivity index (χ0) is 17.9. The van der Waals surface area contributed by atoms with E-state index >= 15 is 0 Å². The second-order valence-electron chi connectivity index (χ2n) is 10.3. The minimum absolute atomic E-state index is 0.473. The zero-order valence-electron chi connectivity index (χ0n) is 15.8. The van der Waals surface area contributed by atoms with E-state index in [1.165, 1.54) is 43.2 Å². The number of nitrogens with one attached hydrogen (secondary N) is 1. The van der Waals surface area contributed by atoms with Gasteiger partial charge in [0.25, 0.3) is 0 Å². The fourth-order valence-corrected chi connectivity index (χ4v) is 9.22. The van der Waals surface area contributed by atoms with Crippen molar-refractivity contribution >= 4 is 11.6 Å². The van der Waals surface area contributed by atoms with Crippen LogP contribution < -0.4 is 11.1 Å². The maximum atomic E-state index is 11.7. The van der Waals surface area contributed by atoms with Gasteiger partial charge in [-0.1, -0.05) is 12.1 Å². The van der Waals surface area contributed by atoms with E-state index in [-0.39, 0.29) is 0 Å². The van der Waals surface area contributed by atoms with Crippen molar-refractivity contribution in [3.8, 4) is 0 Å². The van der Waals surface area contributed by atoms with Crippen LogP contribution in [0.25, 0.3) is 0 Å². The smallest absolute Gasteiger partial charge is 0.193 e. The molecule has 1 aromatic carbocycles. The molecule has 1 aromatic rings. The summed E-state index contributed by atoms with van der Waals surface area (Å²) < 4.78 is 0. The second-order valence-corrected chi connectivity index (χ2v) is 10.3. The number of fused-ring (bicyclic) bond motifs is 3. The van der Waals surface area contributed by atoms with Crippen LogP contribution in [0.4, 0.5) is 5.69 Å². The molecule has 4 heteroatoms. The molecule has 5 saturated carbocycles. The molecule has 0 aromatic heterocycles. The molecular weight excluding hydrogens is 334 g/mol. The number of aliphatic imine (C=N–C) groups is 1. The fraction of sp³-hybridized carbons (Fsp3) is 0.696. The lowest BCUT2D eigenvalue weighted by Crippen LogP contribution is -2.56. The Morgan fingerprint density at radius 2 is 1.89 bits per heavy atom. The molecule has 6 aliphatic rings. The summed E-state index contributed by atoms with van der Waals surface area (Å²) in [5, 5.41) is 15.0. The lowest BCUT2D eigenvalue weighted by molar-refractivity contribution is -0.123. The highest BCUT2D eigenvalue weighted by molar-refractivity contribution is 5.93. The molecule has 9 atom stereocenters. The van der Waals surface area contributed by atoms with E-state index in [0.717, 1.165) is 47.6 Å². The minimum atomic E-state index is -0.576. The van der Waals surface area contributed by atoms with Crippen molar-refractivity contribution in [2.75, 3.05) is 11.9 Å². The maximum Gasteiger partial charge on any atom is 0.193 e. The minimum Gasteiger partial charge on any atom is -0.387 e. The van der Waals surface area contributed by atoms with Gasteiger partial charge in [-0.05, 0) is 103 Å². The van der Waals surface area contributed by atoms with E-state index in [9.17, 15) is 5.11 Å². The Bertz CT molecular complexity index is 859. The standard InChI is InChI=1S/C23H29N3O/c24-22(26-17-7-3-5-11-4-1-2-6-12(11)17)25-10-23(27)20-14-9-15-18-13(14)8-16(20)19(18)21(15)23/h3,5,7,13-16,18-21,27H,1-2,4,6,8-10H2,(H3,24,25,26). The van der Waals surface area contributed by atoms with Crippen LogP contribution in [0.15, 0.2) is 23.2 Å². The van der Waals surface area contributed by atoms with Crippen molar-refractivity contribution in [2.24, 2.45) is 58.1 Å². The number of rotatable bonds is 3. The lowest BCUT2D eigenvalue weighted by Gasteiger charge is -2.51. The van der Waals surface area contributed by atoms with Crippen molar-refractivity contribution in [3.63, 3.8) is 0 Å². The first-order valence-corrected chi connectivity index (χ1v) is 11.1. The molecule has 7 rings (SSSR count). The van der Waals surface area contributed by atoms with E-state index < -0.39 is 5.60 Å². The number of guanidine groups is 1. The molecule has 9 unspecified atom stereocenters. The Hall–Kier alpha value is -1.55. The van der Waals surface area contributed by atoms with Crippen LogP contribution in [-0.2, 0) is 12.8 Å². The fourth-order valence-electron chi connectivity index (χ4n) is 9.22. The molecule has 0 aliphatic heterocycles. The molecule has 5 fully saturated rings. The van der Waals surface area contributed by atoms with Gasteiger partial charge in [0.05, 0.1) is 12.1 Å². The molecular formula is C23H29N3O. The van der Waals surface area contributed by atoms with Gasteiger partial charge in [-0.25, -0.2) is 0 Å². The average molecular weight is 364 g/mol. The summed E-state index contributed by atoms with van der Waals surface area (Å²) in [6, 6.07) is 6.47. The molecule has 4 nitrogen and oxygen atoms in total. The van der Waals surface area contributed by atoms with Crippen LogP contribution in [0.5, 0.6) is 0 Å². The summed E-state index contributed by atoms with van der Waals surface area (Å²) in [4.78, 5) is 4.70. The van der Waals surface area contributed by atoms with Crippen molar-refractivity contribution < 1.29 is 5.11 Å². The third kappa shape index (κ3) is 1.69. The van der Waals surface area contributed by atoms with E-state index in [0.29, 0.717) is 24.3 Å². The summed E-state index contributed by atoms with van der Waals surface area (Å²) >= 11 is 0. The number of hydrogen-bond acceptors (Lipinski definition) is 2.